The van der Waals surface area contributed by atoms with Crippen LogP contribution in [0.5, 0.6) is 0 Å². The summed E-state index contributed by atoms with van der Waals surface area (Å²) in [6.45, 7) is 0.0935. The molecular formula is C15H20N2O4. The Hall–Kier alpha value is -2.08. The molecule has 0 spiro atoms. The van der Waals surface area contributed by atoms with E-state index in [1.807, 2.05) is 12.1 Å². The second kappa shape index (κ2) is 7.64. The maximum atomic E-state index is 11.8. The molecule has 0 heterocycles. The van der Waals surface area contributed by atoms with Crippen LogP contribution in [-0.4, -0.2) is 36.9 Å². The van der Waals surface area contributed by atoms with Crippen molar-refractivity contribution >= 4 is 17.7 Å². The van der Waals surface area contributed by atoms with E-state index in [4.69, 9.17) is 9.84 Å². The van der Waals surface area contributed by atoms with Crippen LogP contribution >= 0.6 is 0 Å². The Kier molecular flexibility index (Phi) is 5.57. The zero-order valence-corrected chi connectivity index (χ0v) is 11.9. The molecule has 114 valence electrons. The van der Waals surface area contributed by atoms with Crippen molar-refractivity contribution in [2.45, 2.75) is 25.7 Å². The van der Waals surface area contributed by atoms with Crippen molar-refractivity contribution < 1.29 is 19.4 Å². The van der Waals surface area contributed by atoms with Crippen molar-refractivity contribution in [2.75, 3.05) is 25.1 Å². The number of nitrogens with one attached hydrogen (secondary N) is 2. The van der Waals surface area contributed by atoms with E-state index < -0.39 is 5.97 Å². The number of fused-ring (bicyclic) bond motifs is 1. The smallest absolute Gasteiger partial charge is 0.329 e. The van der Waals surface area contributed by atoms with Gasteiger partial charge in [0.15, 0.2) is 0 Å². The maximum Gasteiger partial charge on any atom is 0.329 e. The zero-order valence-electron chi connectivity index (χ0n) is 11.9. The highest BCUT2D eigenvalue weighted by Gasteiger charge is 2.14. The Bertz CT molecular complexity index is 516. The first-order chi connectivity index (χ1) is 10.2. The van der Waals surface area contributed by atoms with Crippen molar-refractivity contribution in [3.8, 4) is 0 Å². The van der Waals surface area contributed by atoms with Crippen molar-refractivity contribution in [3.63, 3.8) is 0 Å². The van der Waals surface area contributed by atoms with E-state index in [0.717, 1.165) is 24.9 Å². The first-order valence-corrected chi connectivity index (χ1v) is 7.12. The van der Waals surface area contributed by atoms with Gasteiger partial charge in [-0.2, -0.15) is 0 Å². The fourth-order valence-electron chi connectivity index (χ4n) is 2.46. The number of hydrogen-bond donors (Lipinski definition) is 3. The Labute approximate surface area is 123 Å². The number of hydrogen-bond acceptors (Lipinski definition) is 3. The summed E-state index contributed by atoms with van der Waals surface area (Å²) in [5, 5.41) is 13.9. The van der Waals surface area contributed by atoms with Crippen LogP contribution in [0.15, 0.2) is 18.2 Å². The lowest BCUT2D eigenvalue weighted by molar-refractivity contribution is -0.142. The molecule has 6 nitrogen and oxygen atoms in total. The third-order valence-corrected chi connectivity index (χ3v) is 3.40. The van der Waals surface area contributed by atoms with Gasteiger partial charge in [-0.1, -0.05) is 12.1 Å². The SMILES string of the molecule is O=C(O)COCCNC(=O)Nc1cccc2c1CCCC2. The number of carbonyl (C=O) groups is 2. The van der Waals surface area contributed by atoms with Crippen LogP contribution in [0.1, 0.15) is 24.0 Å². The molecule has 1 aliphatic rings. The minimum absolute atomic E-state index is 0.173. The van der Waals surface area contributed by atoms with Gasteiger partial charge in [0.05, 0.1) is 6.61 Å². The highest BCUT2D eigenvalue weighted by atomic mass is 16.5. The molecule has 1 aromatic rings. The molecule has 0 aromatic heterocycles. The Morgan fingerprint density at radius 2 is 2.05 bits per heavy atom. The lowest BCUT2D eigenvalue weighted by atomic mass is 9.90. The van der Waals surface area contributed by atoms with Crippen LogP contribution in [0.2, 0.25) is 0 Å². The molecule has 6 heteroatoms. The Morgan fingerprint density at radius 3 is 2.86 bits per heavy atom. The van der Waals surface area contributed by atoms with Gasteiger partial charge in [0, 0.05) is 12.2 Å². The van der Waals surface area contributed by atoms with Crippen LogP contribution in [0.3, 0.4) is 0 Å². The molecule has 0 fully saturated rings. The van der Waals surface area contributed by atoms with Gasteiger partial charge in [0.2, 0.25) is 0 Å². The molecule has 0 saturated carbocycles. The molecule has 0 bridgehead atoms. The van der Waals surface area contributed by atoms with Crippen LogP contribution < -0.4 is 10.6 Å². The number of urea groups is 1. The average Bonchev–Trinajstić information content (AvgIpc) is 2.47. The second-order valence-corrected chi connectivity index (χ2v) is 4.98. The van der Waals surface area contributed by atoms with Gasteiger partial charge in [-0.3, -0.25) is 0 Å². The fraction of sp³-hybridized carbons (Fsp3) is 0.467. The van der Waals surface area contributed by atoms with Crippen molar-refractivity contribution in [3.05, 3.63) is 29.3 Å². The predicted molar refractivity (Wildman–Crippen MR) is 78.6 cm³/mol. The lowest BCUT2D eigenvalue weighted by Crippen LogP contribution is -2.32. The first-order valence-electron chi connectivity index (χ1n) is 7.12. The predicted octanol–water partition coefficient (Wildman–Crippen LogP) is 1.79. The van der Waals surface area contributed by atoms with Crippen LogP contribution in [0, 0.1) is 0 Å². The number of aliphatic carboxylic acids is 1. The fourth-order valence-corrected chi connectivity index (χ4v) is 2.46. The summed E-state index contributed by atoms with van der Waals surface area (Å²) in [4.78, 5) is 22.1. The standard InChI is InChI=1S/C15H20N2O4/c18-14(19)10-21-9-8-16-15(20)17-13-7-3-5-11-4-1-2-6-12(11)13/h3,5,7H,1-2,4,6,8-10H2,(H,18,19)(H2,16,17,20). The largest absolute Gasteiger partial charge is 0.480 e. The molecule has 2 amide bonds. The molecule has 0 saturated heterocycles. The van der Waals surface area contributed by atoms with Gasteiger partial charge in [0.25, 0.3) is 0 Å². The van der Waals surface area contributed by atoms with E-state index in [1.54, 1.807) is 0 Å². The summed E-state index contributed by atoms with van der Waals surface area (Å²) in [5.74, 6) is -1.02. The highest BCUT2D eigenvalue weighted by molar-refractivity contribution is 5.90. The van der Waals surface area contributed by atoms with E-state index in [0.29, 0.717) is 0 Å². The number of aryl methyl sites for hydroxylation is 1. The van der Waals surface area contributed by atoms with Gasteiger partial charge < -0.3 is 20.5 Å². The second-order valence-electron chi connectivity index (χ2n) is 4.98. The van der Waals surface area contributed by atoms with Gasteiger partial charge in [0.1, 0.15) is 6.61 Å². The van der Waals surface area contributed by atoms with Gasteiger partial charge in [-0.05, 0) is 42.9 Å². The first kappa shape index (κ1) is 15.3. The summed E-state index contributed by atoms with van der Waals surface area (Å²) in [6.07, 6.45) is 4.41. The number of rotatable bonds is 6. The lowest BCUT2D eigenvalue weighted by Gasteiger charge is -2.19. The van der Waals surface area contributed by atoms with Gasteiger partial charge in [-0.25, -0.2) is 9.59 Å². The monoisotopic (exact) mass is 292 g/mol. The minimum Gasteiger partial charge on any atom is -0.480 e. The third-order valence-electron chi connectivity index (χ3n) is 3.40. The summed E-state index contributed by atoms with van der Waals surface area (Å²) < 4.78 is 4.84. The number of carboxylic acids is 1. The number of benzene rings is 1. The normalized spacial score (nSPS) is 13.3. The van der Waals surface area contributed by atoms with Crippen molar-refractivity contribution in [1.82, 2.24) is 5.32 Å². The highest BCUT2D eigenvalue weighted by Crippen LogP contribution is 2.27. The van der Waals surface area contributed by atoms with Gasteiger partial charge >= 0.3 is 12.0 Å². The average molecular weight is 292 g/mol. The van der Waals surface area contributed by atoms with E-state index in [2.05, 4.69) is 16.7 Å². The summed E-state index contributed by atoms with van der Waals surface area (Å²) >= 11 is 0. The Balaban J connectivity index is 1.79. The van der Waals surface area contributed by atoms with E-state index in [9.17, 15) is 9.59 Å². The molecule has 2 rings (SSSR count). The molecule has 3 N–H and O–H groups in total. The van der Waals surface area contributed by atoms with Crippen LogP contribution in [0.4, 0.5) is 10.5 Å². The van der Waals surface area contributed by atoms with E-state index in [1.165, 1.54) is 17.5 Å². The molecule has 21 heavy (non-hydrogen) atoms. The van der Waals surface area contributed by atoms with Gasteiger partial charge in [-0.15, -0.1) is 0 Å². The van der Waals surface area contributed by atoms with Crippen LogP contribution in [-0.2, 0) is 22.4 Å². The Morgan fingerprint density at radius 1 is 1.24 bits per heavy atom. The number of carboxylic acid groups (broad SMARTS) is 1. The molecular weight excluding hydrogens is 272 g/mol. The minimum atomic E-state index is -1.02. The van der Waals surface area contributed by atoms with E-state index in [-0.39, 0.29) is 25.8 Å². The molecule has 0 atom stereocenters. The molecule has 0 aliphatic heterocycles. The number of ether oxygens (including phenoxy) is 1. The zero-order chi connectivity index (χ0) is 15.1. The van der Waals surface area contributed by atoms with Crippen LogP contribution in [0.25, 0.3) is 0 Å². The summed E-state index contributed by atoms with van der Waals surface area (Å²) in [7, 11) is 0. The molecule has 0 radical (unpaired) electrons. The molecule has 1 aromatic carbocycles. The topological polar surface area (TPSA) is 87.7 Å². The molecule has 0 unspecified atom stereocenters. The third kappa shape index (κ3) is 4.75. The number of carbonyl (C=O) groups excluding carboxylic acids is 1. The summed E-state index contributed by atoms with van der Waals surface area (Å²) in [5.41, 5.74) is 3.39. The number of anilines is 1. The molecule has 1 aliphatic carbocycles. The number of amides is 2. The summed E-state index contributed by atoms with van der Waals surface area (Å²) in [6, 6.07) is 5.67. The quantitative estimate of drug-likeness (QED) is 0.697. The van der Waals surface area contributed by atoms with Crippen molar-refractivity contribution in [2.24, 2.45) is 0 Å². The van der Waals surface area contributed by atoms with Crippen molar-refractivity contribution in [1.29, 1.82) is 0 Å². The maximum absolute atomic E-state index is 11.8. The van der Waals surface area contributed by atoms with E-state index >= 15 is 0 Å².